The van der Waals surface area contributed by atoms with Crippen LogP contribution in [0.2, 0.25) is 0 Å². The summed E-state index contributed by atoms with van der Waals surface area (Å²) in [6.07, 6.45) is 4.90. The van der Waals surface area contributed by atoms with Gasteiger partial charge < -0.3 is 5.32 Å². The lowest BCUT2D eigenvalue weighted by atomic mass is 10.1. The third-order valence-electron chi connectivity index (χ3n) is 4.55. The number of amides is 1. The SMILES string of the molecule is O=C1NCCCC[C@@H]1Sc1ncc(-c2ccccc2)n1-c1ccccc1. The summed E-state index contributed by atoms with van der Waals surface area (Å²) in [4.78, 5) is 17.0. The summed E-state index contributed by atoms with van der Waals surface area (Å²) in [6, 6.07) is 20.5. The van der Waals surface area contributed by atoms with E-state index in [0.29, 0.717) is 0 Å². The molecule has 1 fully saturated rings. The second-order valence-corrected chi connectivity index (χ2v) is 7.53. The number of nitrogens with zero attached hydrogens (tertiary/aromatic N) is 2. The molecule has 0 unspecified atom stereocenters. The van der Waals surface area contributed by atoms with Crippen molar-refractivity contribution in [1.29, 1.82) is 0 Å². The zero-order valence-corrected chi connectivity index (χ0v) is 15.3. The molecule has 0 radical (unpaired) electrons. The minimum atomic E-state index is -0.0917. The van der Waals surface area contributed by atoms with E-state index >= 15 is 0 Å². The molecule has 1 amide bonds. The summed E-state index contributed by atoms with van der Waals surface area (Å²) in [5.41, 5.74) is 3.20. The topological polar surface area (TPSA) is 46.9 Å². The fraction of sp³-hybridized carbons (Fsp3) is 0.238. The van der Waals surface area contributed by atoms with Crippen LogP contribution in [-0.4, -0.2) is 27.3 Å². The number of para-hydroxylation sites is 1. The number of carbonyl (C=O) groups is 1. The lowest BCUT2D eigenvalue weighted by Crippen LogP contribution is -2.30. The zero-order valence-electron chi connectivity index (χ0n) is 14.5. The molecule has 132 valence electrons. The standard InChI is InChI=1S/C21H21N3OS/c25-20-19(13-7-8-14-22-20)26-21-23-15-18(16-9-3-1-4-10-16)24(21)17-11-5-2-6-12-17/h1-6,9-12,15,19H,7-8,13-14H2,(H,22,25)/t19-/m0/s1. The first-order valence-electron chi connectivity index (χ1n) is 8.96. The molecule has 2 heterocycles. The molecule has 1 N–H and O–H groups in total. The van der Waals surface area contributed by atoms with Gasteiger partial charge in [0.05, 0.1) is 17.1 Å². The van der Waals surface area contributed by atoms with Crippen LogP contribution in [0.15, 0.2) is 72.0 Å². The van der Waals surface area contributed by atoms with Crippen LogP contribution in [0, 0.1) is 0 Å². The molecule has 2 aromatic carbocycles. The van der Waals surface area contributed by atoms with Crippen molar-refractivity contribution in [2.45, 2.75) is 29.7 Å². The van der Waals surface area contributed by atoms with Crippen LogP contribution in [-0.2, 0) is 4.79 Å². The maximum absolute atomic E-state index is 12.4. The van der Waals surface area contributed by atoms with Crippen LogP contribution in [0.5, 0.6) is 0 Å². The Morgan fingerprint density at radius 2 is 1.73 bits per heavy atom. The van der Waals surface area contributed by atoms with Crippen molar-refractivity contribution in [1.82, 2.24) is 14.9 Å². The molecule has 0 aliphatic carbocycles. The van der Waals surface area contributed by atoms with Gasteiger partial charge in [0.1, 0.15) is 0 Å². The van der Waals surface area contributed by atoms with Crippen molar-refractivity contribution >= 4 is 17.7 Å². The van der Waals surface area contributed by atoms with Crippen LogP contribution in [0.3, 0.4) is 0 Å². The molecular weight excluding hydrogens is 342 g/mol. The Bertz CT molecular complexity index is 877. The quantitative estimate of drug-likeness (QED) is 0.752. The number of imidazole rings is 1. The number of rotatable bonds is 4. The van der Waals surface area contributed by atoms with Gasteiger partial charge in [-0.2, -0.15) is 0 Å². The van der Waals surface area contributed by atoms with E-state index in [1.807, 2.05) is 42.6 Å². The Hall–Kier alpha value is -2.53. The van der Waals surface area contributed by atoms with Gasteiger partial charge in [-0.25, -0.2) is 4.98 Å². The molecule has 26 heavy (non-hydrogen) atoms. The Morgan fingerprint density at radius 3 is 2.50 bits per heavy atom. The Labute approximate surface area is 157 Å². The zero-order chi connectivity index (χ0) is 17.8. The van der Waals surface area contributed by atoms with Gasteiger partial charge in [0.25, 0.3) is 0 Å². The number of benzene rings is 2. The molecule has 5 heteroatoms. The number of hydrogen-bond donors (Lipinski definition) is 1. The number of thioether (sulfide) groups is 1. The summed E-state index contributed by atoms with van der Waals surface area (Å²) < 4.78 is 2.15. The molecule has 3 aromatic rings. The molecule has 0 spiro atoms. The van der Waals surface area contributed by atoms with Gasteiger partial charge in [-0.15, -0.1) is 0 Å². The molecule has 1 saturated heterocycles. The van der Waals surface area contributed by atoms with Gasteiger partial charge in [0.2, 0.25) is 5.91 Å². The normalized spacial score (nSPS) is 17.5. The average Bonchev–Trinajstić information content (AvgIpc) is 3.00. The van der Waals surface area contributed by atoms with Crippen LogP contribution in [0.1, 0.15) is 19.3 Å². The first kappa shape index (κ1) is 16.9. The van der Waals surface area contributed by atoms with Gasteiger partial charge in [0, 0.05) is 17.8 Å². The van der Waals surface area contributed by atoms with Crippen molar-refractivity contribution in [2.75, 3.05) is 6.54 Å². The van der Waals surface area contributed by atoms with E-state index in [0.717, 1.165) is 47.9 Å². The molecule has 1 atom stereocenters. The van der Waals surface area contributed by atoms with E-state index < -0.39 is 0 Å². The van der Waals surface area contributed by atoms with Gasteiger partial charge in [0.15, 0.2) is 5.16 Å². The Kier molecular flexibility index (Phi) is 5.07. The predicted molar refractivity (Wildman–Crippen MR) is 106 cm³/mol. The highest BCUT2D eigenvalue weighted by atomic mass is 32.2. The number of aromatic nitrogens is 2. The number of carbonyl (C=O) groups excluding carboxylic acids is 1. The van der Waals surface area contributed by atoms with Gasteiger partial charge in [-0.05, 0) is 25.0 Å². The molecule has 4 nitrogen and oxygen atoms in total. The predicted octanol–water partition coefficient (Wildman–Crippen LogP) is 4.30. The van der Waals surface area contributed by atoms with Crippen LogP contribution in [0.4, 0.5) is 0 Å². The Morgan fingerprint density at radius 1 is 1.00 bits per heavy atom. The number of hydrogen-bond acceptors (Lipinski definition) is 3. The van der Waals surface area contributed by atoms with E-state index in [1.54, 1.807) is 11.8 Å². The minimum Gasteiger partial charge on any atom is -0.355 e. The summed E-state index contributed by atoms with van der Waals surface area (Å²) in [7, 11) is 0. The second-order valence-electron chi connectivity index (χ2n) is 6.36. The molecule has 1 aliphatic heterocycles. The van der Waals surface area contributed by atoms with E-state index in [2.05, 4.69) is 39.1 Å². The van der Waals surface area contributed by atoms with Crippen LogP contribution in [0.25, 0.3) is 16.9 Å². The molecule has 0 saturated carbocycles. The van der Waals surface area contributed by atoms with Crippen molar-refractivity contribution in [3.8, 4) is 16.9 Å². The fourth-order valence-corrected chi connectivity index (χ4v) is 4.36. The molecule has 4 rings (SSSR count). The van der Waals surface area contributed by atoms with Crippen molar-refractivity contribution < 1.29 is 4.79 Å². The van der Waals surface area contributed by atoms with E-state index in [4.69, 9.17) is 0 Å². The van der Waals surface area contributed by atoms with Gasteiger partial charge >= 0.3 is 0 Å². The van der Waals surface area contributed by atoms with Crippen molar-refractivity contribution in [2.24, 2.45) is 0 Å². The molecule has 1 aliphatic rings. The largest absolute Gasteiger partial charge is 0.355 e. The monoisotopic (exact) mass is 363 g/mol. The lowest BCUT2D eigenvalue weighted by Gasteiger charge is -2.15. The maximum Gasteiger partial charge on any atom is 0.233 e. The maximum atomic E-state index is 12.4. The summed E-state index contributed by atoms with van der Waals surface area (Å²) in [5, 5.41) is 3.78. The van der Waals surface area contributed by atoms with Crippen LogP contribution >= 0.6 is 11.8 Å². The fourth-order valence-electron chi connectivity index (χ4n) is 3.21. The second kappa shape index (κ2) is 7.79. The highest BCUT2D eigenvalue weighted by molar-refractivity contribution is 8.00. The third kappa shape index (κ3) is 3.53. The Balaban J connectivity index is 1.75. The van der Waals surface area contributed by atoms with Crippen LogP contribution < -0.4 is 5.32 Å². The van der Waals surface area contributed by atoms with Gasteiger partial charge in [-0.1, -0.05) is 66.7 Å². The van der Waals surface area contributed by atoms with E-state index in [9.17, 15) is 4.79 Å². The molecule has 0 bridgehead atoms. The summed E-state index contributed by atoms with van der Waals surface area (Å²) in [5.74, 6) is 0.122. The average molecular weight is 363 g/mol. The first-order chi connectivity index (χ1) is 12.8. The highest BCUT2D eigenvalue weighted by Gasteiger charge is 2.25. The van der Waals surface area contributed by atoms with Crippen molar-refractivity contribution in [3.05, 3.63) is 66.9 Å². The van der Waals surface area contributed by atoms with E-state index in [1.165, 1.54) is 0 Å². The first-order valence-corrected chi connectivity index (χ1v) is 9.84. The number of nitrogens with one attached hydrogen (secondary N) is 1. The molecule has 1 aromatic heterocycles. The summed E-state index contributed by atoms with van der Waals surface area (Å²) in [6.45, 7) is 0.776. The minimum absolute atomic E-state index is 0.0917. The van der Waals surface area contributed by atoms with E-state index in [-0.39, 0.29) is 11.2 Å². The smallest absolute Gasteiger partial charge is 0.233 e. The lowest BCUT2D eigenvalue weighted by molar-refractivity contribution is -0.120. The highest BCUT2D eigenvalue weighted by Crippen LogP contribution is 2.33. The molecular formula is C21H21N3OS. The summed E-state index contributed by atoms with van der Waals surface area (Å²) >= 11 is 1.56. The van der Waals surface area contributed by atoms with Gasteiger partial charge in [-0.3, -0.25) is 9.36 Å². The van der Waals surface area contributed by atoms with Crippen molar-refractivity contribution in [3.63, 3.8) is 0 Å². The third-order valence-corrected chi connectivity index (χ3v) is 5.78.